The molecule has 2 aromatic rings. The number of nitrogens with two attached hydrogens (primary N) is 1. The number of phenols is 1. The molecule has 0 spiro atoms. The van der Waals surface area contributed by atoms with E-state index in [4.69, 9.17) is 5.84 Å². The average molecular weight is 245 g/mol. The number of hydrogen-bond acceptors (Lipinski definition) is 6. The monoisotopic (exact) mass is 244 g/mol. The van der Waals surface area contributed by atoms with E-state index in [1.807, 2.05) is 6.07 Å². The van der Waals surface area contributed by atoms with E-state index >= 15 is 0 Å². The Morgan fingerprint density at radius 1 is 1.33 bits per heavy atom. The molecule has 15 heavy (non-hydrogen) atoms. The number of aromatic nitrogens is 2. The van der Waals surface area contributed by atoms with Crippen molar-refractivity contribution < 1.29 is 5.11 Å². The predicted octanol–water partition coefficient (Wildman–Crippen LogP) is 1.62. The van der Waals surface area contributed by atoms with Crippen LogP contribution in [-0.4, -0.2) is 15.3 Å². The van der Waals surface area contributed by atoms with E-state index < -0.39 is 0 Å². The van der Waals surface area contributed by atoms with Crippen molar-refractivity contribution >= 4 is 28.9 Å². The zero-order valence-electron chi connectivity index (χ0n) is 7.54. The van der Waals surface area contributed by atoms with Crippen LogP contribution in [0.5, 0.6) is 5.75 Å². The van der Waals surface area contributed by atoms with Crippen molar-refractivity contribution in [3.8, 4) is 16.3 Å². The molecule has 0 saturated heterocycles. The number of rotatable bonds is 2. The van der Waals surface area contributed by atoms with Crippen LogP contribution in [0, 0.1) is 0 Å². The quantitative estimate of drug-likeness (QED) is 0.552. The standard InChI is InChI=1S/C8H8N4OS.ClH/c9-10-8-12-11-7(14-8)5-2-1-3-6(13)4-5;/h1-4,13H,9H2,(H,10,12);1H. The molecule has 0 amide bonds. The lowest BCUT2D eigenvalue weighted by Gasteiger charge is -1.95. The zero-order valence-corrected chi connectivity index (χ0v) is 9.18. The van der Waals surface area contributed by atoms with Crippen LogP contribution in [0.4, 0.5) is 5.13 Å². The first-order valence-corrected chi connectivity index (χ1v) is 4.71. The molecular formula is C8H9ClN4OS. The van der Waals surface area contributed by atoms with E-state index in [0.29, 0.717) is 10.1 Å². The van der Waals surface area contributed by atoms with Crippen LogP contribution in [0.2, 0.25) is 0 Å². The molecule has 7 heteroatoms. The van der Waals surface area contributed by atoms with Gasteiger partial charge in [-0.2, -0.15) is 0 Å². The fourth-order valence-electron chi connectivity index (χ4n) is 1.04. The third-order valence-electron chi connectivity index (χ3n) is 1.64. The number of nitrogen functional groups attached to an aromatic ring is 1. The van der Waals surface area contributed by atoms with Gasteiger partial charge in [0.05, 0.1) is 0 Å². The molecule has 0 radical (unpaired) electrons. The molecule has 0 atom stereocenters. The summed E-state index contributed by atoms with van der Waals surface area (Å²) in [6, 6.07) is 6.83. The van der Waals surface area contributed by atoms with Crippen molar-refractivity contribution in [3.05, 3.63) is 24.3 Å². The first kappa shape index (κ1) is 11.7. The second-order valence-corrected chi connectivity index (χ2v) is 3.58. The van der Waals surface area contributed by atoms with Crippen LogP contribution in [0.1, 0.15) is 0 Å². The van der Waals surface area contributed by atoms with Gasteiger partial charge in [0.15, 0.2) is 0 Å². The molecule has 0 bridgehead atoms. The maximum Gasteiger partial charge on any atom is 0.220 e. The summed E-state index contributed by atoms with van der Waals surface area (Å²) < 4.78 is 0. The third-order valence-corrected chi connectivity index (χ3v) is 2.55. The Morgan fingerprint density at radius 2 is 2.13 bits per heavy atom. The molecule has 0 unspecified atom stereocenters. The number of halogens is 1. The van der Waals surface area contributed by atoms with Crippen LogP contribution in [0.3, 0.4) is 0 Å². The molecule has 2 rings (SSSR count). The van der Waals surface area contributed by atoms with E-state index in [9.17, 15) is 5.11 Å². The maximum atomic E-state index is 9.25. The minimum Gasteiger partial charge on any atom is -0.508 e. The predicted molar refractivity (Wildman–Crippen MR) is 62.1 cm³/mol. The lowest BCUT2D eigenvalue weighted by atomic mass is 10.2. The lowest BCUT2D eigenvalue weighted by molar-refractivity contribution is 0.475. The number of phenolic OH excluding ortho intramolecular Hbond substituents is 1. The van der Waals surface area contributed by atoms with Gasteiger partial charge in [0.1, 0.15) is 10.8 Å². The maximum absolute atomic E-state index is 9.25. The molecule has 0 aliphatic rings. The highest BCUT2D eigenvalue weighted by Crippen LogP contribution is 2.27. The highest BCUT2D eigenvalue weighted by molar-refractivity contribution is 7.18. The van der Waals surface area contributed by atoms with Crippen LogP contribution in [0.25, 0.3) is 10.6 Å². The first-order chi connectivity index (χ1) is 6.79. The zero-order chi connectivity index (χ0) is 9.97. The fourth-order valence-corrected chi connectivity index (χ4v) is 1.69. The smallest absolute Gasteiger partial charge is 0.220 e. The number of hydrazine groups is 1. The minimum atomic E-state index is 0. The molecular weight excluding hydrogens is 236 g/mol. The van der Waals surface area contributed by atoms with Crippen LogP contribution in [-0.2, 0) is 0 Å². The minimum absolute atomic E-state index is 0. The van der Waals surface area contributed by atoms with Gasteiger partial charge in [0.2, 0.25) is 5.13 Å². The summed E-state index contributed by atoms with van der Waals surface area (Å²) in [6.07, 6.45) is 0. The van der Waals surface area contributed by atoms with E-state index in [0.717, 1.165) is 5.56 Å². The Kier molecular flexibility index (Phi) is 3.84. The van der Waals surface area contributed by atoms with E-state index in [-0.39, 0.29) is 18.2 Å². The van der Waals surface area contributed by atoms with Crippen molar-refractivity contribution in [2.45, 2.75) is 0 Å². The van der Waals surface area contributed by atoms with Gasteiger partial charge >= 0.3 is 0 Å². The van der Waals surface area contributed by atoms with Crippen molar-refractivity contribution in [1.29, 1.82) is 0 Å². The Labute approximate surface area is 96.3 Å². The number of nitrogens with one attached hydrogen (secondary N) is 1. The summed E-state index contributed by atoms with van der Waals surface area (Å²) in [4.78, 5) is 0. The molecule has 0 aliphatic carbocycles. The largest absolute Gasteiger partial charge is 0.508 e. The van der Waals surface area contributed by atoms with E-state index in [2.05, 4.69) is 15.6 Å². The van der Waals surface area contributed by atoms with Gasteiger partial charge in [-0.25, -0.2) is 5.84 Å². The van der Waals surface area contributed by atoms with Gasteiger partial charge in [-0.05, 0) is 12.1 Å². The Bertz CT molecular complexity index is 448. The van der Waals surface area contributed by atoms with Gasteiger partial charge < -0.3 is 5.11 Å². The Morgan fingerprint density at radius 3 is 2.73 bits per heavy atom. The van der Waals surface area contributed by atoms with Crippen molar-refractivity contribution in [1.82, 2.24) is 10.2 Å². The number of anilines is 1. The van der Waals surface area contributed by atoms with Gasteiger partial charge in [-0.15, -0.1) is 22.6 Å². The first-order valence-electron chi connectivity index (χ1n) is 3.89. The number of nitrogens with zero attached hydrogens (tertiary/aromatic N) is 2. The topological polar surface area (TPSA) is 84.1 Å². The summed E-state index contributed by atoms with van der Waals surface area (Å²) >= 11 is 1.33. The van der Waals surface area contributed by atoms with Gasteiger partial charge in [-0.3, -0.25) is 5.43 Å². The molecule has 0 fully saturated rings. The second kappa shape index (κ2) is 4.92. The summed E-state index contributed by atoms with van der Waals surface area (Å²) in [5.41, 5.74) is 3.24. The molecule has 4 N–H and O–H groups in total. The molecule has 1 aromatic carbocycles. The summed E-state index contributed by atoms with van der Waals surface area (Å²) in [5, 5.41) is 18.2. The SMILES string of the molecule is Cl.NNc1nnc(-c2cccc(O)c2)s1. The number of benzene rings is 1. The fraction of sp³-hybridized carbons (Fsp3) is 0. The van der Waals surface area contributed by atoms with Gasteiger partial charge in [0.25, 0.3) is 0 Å². The molecule has 5 nitrogen and oxygen atoms in total. The van der Waals surface area contributed by atoms with Crippen LogP contribution >= 0.6 is 23.7 Å². The Balaban J connectivity index is 0.00000112. The lowest BCUT2D eigenvalue weighted by Crippen LogP contribution is -2.05. The number of hydrogen-bond donors (Lipinski definition) is 3. The van der Waals surface area contributed by atoms with Gasteiger partial charge in [-0.1, -0.05) is 23.5 Å². The third kappa shape index (κ3) is 2.56. The summed E-state index contributed by atoms with van der Waals surface area (Å²) in [5.74, 6) is 5.39. The molecule has 80 valence electrons. The van der Waals surface area contributed by atoms with Gasteiger partial charge in [0, 0.05) is 5.56 Å². The Hall–Kier alpha value is -1.37. The van der Waals surface area contributed by atoms with Crippen molar-refractivity contribution in [3.63, 3.8) is 0 Å². The second-order valence-electron chi connectivity index (χ2n) is 2.61. The van der Waals surface area contributed by atoms with Crippen LogP contribution < -0.4 is 11.3 Å². The van der Waals surface area contributed by atoms with Crippen molar-refractivity contribution in [2.75, 3.05) is 5.43 Å². The van der Waals surface area contributed by atoms with E-state index in [1.165, 1.54) is 11.3 Å². The number of aromatic hydroxyl groups is 1. The summed E-state index contributed by atoms with van der Waals surface area (Å²) in [7, 11) is 0. The molecule has 1 aromatic heterocycles. The van der Waals surface area contributed by atoms with E-state index in [1.54, 1.807) is 18.2 Å². The molecule has 1 heterocycles. The average Bonchev–Trinajstić information content (AvgIpc) is 2.66. The van der Waals surface area contributed by atoms with Crippen molar-refractivity contribution in [2.24, 2.45) is 5.84 Å². The molecule has 0 saturated carbocycles. The summed E-state index contributed by atoms with van der Waals surface area (Å²) in [6.45, 7) is 0. The normalized spacial score (nSPS) is 9.40. The highest BCUT2D eigenvalue weighted by Gasteiger charge is 2.05. The molecule has 0 aliphatic heterocycles. The highest BCUT2D eigenvalue weighted by atomic mass is 35.5. The van der Waals surface area contributed by atoms with Crippen LogP contribution in [0.15, 0.2) is 24.3 Å².